The third kappa shape index (κ3) is 43.5. The lowest BCUT2D eigenvalue weighted by Gasteiger charge is -2.29. The predicted octanol–water partition coefficient (Wildman–Crippen LogP) is -4.19. The second-order valence-electron chi connectivity index (χ2n) is 8.96. The maximum atomic E-state index is 11.6. The van der Waals surface area contributed by atoms with Gasteiger partial charge < -0.3 is 109 Å². The zero-order valence-corrected chi connectivity index (χ0v) is 33.1. The summed E-state index contributed by atoms with van der Waals surface area (Å²) >= 11 is 0. The van der Waals surface area contributed by atoms with E-state index in [1.54, 1.807) is 20.8 Å². The molecule has 28 nitrogen and oxygen atoms in total. The summed E-state index contributed by atoms with van der Waals surface area (Å²) in [7, 11) is -31.5. The molecule has 312 valence electrons. The first-order valence-electron chi connectivity index (χ1n) is 13.0. The van der Waals surface area contributed by atoms with Crippen LogP contribution in [0, 0.1) is 0 Å². The summed E-state index contributed by atoms with van der Waals surface area (Å²) in [4.78, 5) is 86.3. The van der Waals surface area contributed by atoms with Gasteiger partial charge >= 0.3 is 0 Å². The molecule has 0 aromatic rings. The molecule has 0 aliphatic heterocycles. The van der Waals surface area contributed by atoms with Crippen LogP contribution in [0.3, 0.4) is 0 Å². The quantitative estimate of drug-likeness (QED) is 0.0510. The van der Waals surface area contributed by atoms with E-state index in [1.165, 1.54) is 0 Å². The van der Waals surface area contributed by atoms with Crippen LogP contribution in [0.1, 0.15) is 20.8 Å². The molecule has 35 heteroatoms. The number of phosphoric ester groups is 6. The summed E-state index contributed by atoms with van der Waals surface area (Å²) in [5.41, 5.74) is -0.500. The van der Waals surface area contributed by atoms with Gasteiger partial charge in [0.15, 0.2) is 9.03 Å². The normalized spacial score (nSPS) is 18.4. The van der Waals surface area contributed by atoms with Crippen LogP contribution in [0.25, 0.3) is 0 Å². The zero-order chi connectivity index (χ0) is 39.2. The fourth-order valence-corrected chi connectivity index (χ4v) is 5.74. The standard InChI is InChI=1S/C12H33O26P7.C4H10O.H2O/c13-39-27-1-2-29-41(17,18)31-5-6-33-43(21,22)35-9-10-37-45(25,26)38-12-11-36-44(23,24)34-8-7-32-42(19,20)30-4-3-28-40(14,15)16;1-4(2,3)5;/h13,39H,1-12H2,(H,17,18)(H,19,20)(H,21,22)(H,23,24)(H,25,26)(H2,14,15,16);5H,1-3H3;1H2/p-7. The van der Waals surface area contributed by atoms with Crippen LogP contribution in [-0.2, 0) is 81.7 Å². The highest BCUT2D eigenvalue weighted by Gasteiger charge is 2.16. The Morgan fingerprint density at radius 2 is 0.588 bits per heavy atom. The minimum atomic E-state index is -5.35. The minimum Gasteiger partial charge on any atom is -0.790 e. The van der Waals surface area contributed by atoms with E-state index in [0.717, 1.165) is 0 Å². The Morgan fingerprint density at radius 3 is 0.745 bits per heavy atom. The third-order valence-corrected chi connectivity index (χ3v) is 9.23. The lowest BCUT2D eigenvalue weighted by Crippen LogP contribution is -2.19. The Hall–Kier alpha value is 0.930. The lowest BCUT2D eigenvalue weighted by atomic mass is 10.2. The minimum absolute atomic E-state index is 0. The van der Waals surface area contributed by atoms with Crippen molar-refractivity contribution in [3.05, 3.63) is 0 Å². The smallest absolute Gasteiger partial charge is 0.268 e. The maximum Gasteiger partial charge on any atom is 0.268 e. The topological polar surface area (TPSA) is 447 Å². The molecule has 0 aromatic carbocycles. The highest BCUT2D eigenvalue weighted by Crippen LogP contribution is 2.43. The maximum absolute atomic E-state index is 11.6. The van der Waals surface area contributed by atoms with Gasteiger partial charge in [0.2, 0.25) is 0 Å². The average molecular weight is 895 g/mol. The molecular formula is C16H38O28P7-7. The predicted molar refractivity (Wildman–Crippen MR) is 153 cm³/mol. The fourth-order valence-electron chi connectivity index (χ4n) is 1.91. The van der Waals surface area contributed by atoms with Crippen molar-refractivity contribution in [3.63, 3.8) is 0 Å². The van der Waals surface area contributed by atoms with E-state index in [4.69, 9.17) is 10.00 Å². The van der Waals surface area contributed by atoms with Gasteiger partial charge in [-0.15, -0.1) is 0 Å². The first kappa shape index (κ1) is 56.3. The number of aliphatic hydroxyl groups is 1. The molecule has 0 aromatic heterocycles. The van der Waals surface area contributed by atoms with E-state index in [2.05, 4.69) is 54.3 Å². The van der Waals surface area contributed by atoms with Crippen molar-refractivity contribution >= 4 is 56.0 Å². The number of hydrogen-bond donors (Lipinski definition) is 2. The molecule has 0 spiro atoms. The van der Waals surface area contributed by atoms with Gasteiger partial charge in [-0.05, 0) is 20.8 Å². The molecule has 0 rings (SSSR count). The zero-order valence-electron chi connectivity index (χ0n) is 26.8. The van der Waals surface area contributed by atoms with Gasteiger partial charge in [-0.1, -0.05) is 0 Å². The van der Waals surface area contributed by atoms with E-state index in [1.807, 2.05) is 0 Å². The van der Waals surface area contributed by atoms with Crippen LogP contribution in [0.2, 0.25) is 0 Å². The lowest BCUT2D eigenvalue weighted by molar-refractivity contribution is -0.342. The highest BCUT2D eigenvalue weighted by atomic mass is 31.2. The Bertz CT molecular complexity index is 1200. The largest absolute Gasteiger partial charge is 0.790 e. The second kappa shape index (κ2) is 27.5. The van der Waals surface area contributed by atoms with Crippen molar-refractivity contribution in [2.75, 3.05) is 79.3 Å². The molecule has 0 fully saturated rings. The van der Waals surface area contributed by atoms with Crippen LogP contribution in [-0.4, -0.2) is 100 Å². The van der Waals surface area contributed by atoms with E-state index in [-0.39, 0.29) is 12.1 Å². The summed E-state index contributed by atoms with van der Waals surface area (Å²) in [5.74, 6) is 0. The van der Waals surface area contributed by atoms with Crippen molar-refractivity contribution in [2.24, 2.45) is 0 Å². The van der Waals surface area contributed by atoms with Gasteiger partial charge in [0.1, 0.15) is 0 Å². The summed E-state index contributed by atoms with van der Waals surface area (Å²) in [5, 5.41) is 8.52. The van der Waals surface area contributed by atoms with Crippen molar-refractivity contribution < 1.29 is 131 Å². The molecular weight excluding hydrogens is 857 g/mol. The van der Waals surface area contributed by atoms with Crippen molar-refractivity contribution in [2.45, 2.75) is 26.4 Å². The molecule has 0 heterocycles. The average Bonchev–Trinajstić information content (AvgIpc) is 2.93. The summed E-state index contributed by atoms with van der Waals surface area (Å²) in [6, 6.07) is 0. The molecule has 0 aliphatic carbocycles. The Morgan fingerprint density at radius 1 is 0.431 bits per heavy atom. The monoisotopic (exact) mass is 895 g/mol. The molecule has 51 heavy (non-hydrogen) atoms. The van der Waals surface area contributed by atoms with Crippen LogP contribution >= 0.6 is 56.0 Å². The van der Waals surface area contributed by atoms with Gasteiger partial charge in [0.05, 0.1) is 92.7 Å². The summed E-state index contributed by atoms with van der Waals surface area (Å²) in [6.45, 7) is -4.68. The van der Waals surface area contributed by atoms with Gasteiger partial charge in [0, 0.05) is 0 Å². The van der Waals surface area contributed by atoms with E-state index in [0.29, 0.717) is 0 Å². The molecule has 4 N–H and O–H groups in total. The SMILES string of the molecule is CC(C)(C)O.O.O=P([O-])([O-])OCCOP(=O)([O-])OCCOP(=O)([O-])OCCOP(=O)([O-])OCCOP(=O)([O-])OCCOP(=O)([O-])OCCOPO. The van der Waals surface area contributed by atoms with Crippen LogP contribution in [0.5, 0.6) is 0 Å². The molecule has 0 radical (unpaired) electrons. The van der Waals surface area contributed by atoms with E-state index < -0.39 is 134 Å². The second-order valence-corrected chi connectivity index (χ2v) is 17.6. The van der Waals surface area contributed by atoms with Gasteiger partial charge in [-0.2, -0.15) is 0 Å². The van der Waals surface area contributed by atoms with Gasteiger partial charge in [-0.3, -0.25) is 22.8 Å². The Labute approximate surface area is 293 Å². The molecule has 0 saturated carbocycles. The molecule has 6 atom stereocenters. The molecule has 0 aliphatic rings. The van der Waals surface area contributed by atoms with Gasteiger partial charge in [0.25, 0.3) is 39.1 Å². The number of phosphoric acid groups is 6. The highest BCUT2D eigenvalue weighted by molar-refractivity contribution is 7.47. The summed E-state index contributed by atoms with van der Waals surface area (Å²) in [6.07, 6.45) is 0. The van der Waals surface area contributed by atoms with E-state index >= 15 is 0 Å². The van der Waals surface area contributed by atoms with Gasteiger partial charge in [-0.25, -0.2) is 0 Å². The van der Waals surface area contributed by atoms with Crippen LogP contribution in [0.4, 0.5) is 0 Å². The molecule has 6 unspecified atom stereocenters. The number of rotatable bonds is 30. The number of hydrogen-bond acceptors (Lipinski definition) is 27. The first-order chi connectivity index (χ1) is 22.6. The van der Waals surface area contributed by atoms with Crippen molar-refractivity contribution in [3.8, 4) is 0 Å². The molecule has 0 bridgehead atoms. The fraction of sp³-hybridized carbons (Fsp3) is 1.00. The van der Waals surface area contributed by atoms with Crippen LogP contribution in [0.15, 0.2) is 0 Å². The molecule has 0 saturated heterocycles. The summed E-state index contributed by atoms with van der Waals surface area (Å²) < 4.78 is 118. The molecule has 0 amide bonds. The van der Waals surface area contributed by atoms with Crippen LogP contribution < -0.4 is 34.3 Å². The Kier molecular flexibility index (Phi) is 30.4. The van der Waals surface area contributed by atoms with Crippen molar-refractivity contribution in [1.82, 2.24) is 0 Å². The Balaban J connectivity index is -0.00000356. The first-order valence-corrected chi connectivity index (χ1v) is 22.6. The third-order valence-electron chi connectivity index (χ3n) is 3.41. The van der Waals surface area contributed by atoms with E-state index in [9.17, 15) is 61.6 Å². The van der Waals surface area contributed by atoms with Crippen molar-refractivity contribution in [1.29, 1.82) is 0 Å².